The minimum Gasteiger partial charge on any atom is -1.00 e. The molecule has 0 aromatic carbocycles. The summed E-state index contributed by atoms with van der Waals surface area (Å²) in [5.74, 6) is 0. The number of rotatable bonds is 5. The van der Waals surface area contributed by atoms with Crippen LogP contribution in [0.1, 0.15) is 38.5 Å². The van der Waals surface area contributed by atoms with Crippen molar-refractivity contribution < 1.29 is 17.0 Å². The summed E-state index contributed by atoms with van der Waals surface area (Å²) in [7, 11) is 0. The van der Waals surface area contributed by atoms with E-state index in [0.29, 0.717) is 0 Å². The minimum atomic E-state index is -0.470. The fourth-order valence-electron chi connectivity index (χ4n) is 1.67. The van der Waals surface area contributed by atoms with E-state index in [1.165, 1.54) is 18.2 Å². The molecule has 0 nitrogen and oxygen atoms in total. The van der Waals surface area contributed by atoms with Crippen LogP contribution in [0.5, 0.6) is 0 Å². The molecule has 0 amide bonds. The monoisotopic (exact) mass is 428 g/mol. The molecule has 80 valence electrons. The molecule has 0 aromatic rings. The topological polar surface area (TPSA) is 0 Å². The van der Waals surface area contributed by atoms with E-state index >= 15 is 0 Å². The summed E-state index contributed by atoms with van der Waals surface area (Å²) in [5, 5.41) is 1.21. The van der Waals surface area contributed by atoms with Crippen molar-refractivity contribution in [2.75, 3.05) is 5.33 Å². The predicted molar refractivity (Wildman–Crippen MR) is 61.7 cm³/mol. The molecule has 0 saturated carbocycles. The van der Waals surface area contributed by atoms with Gasteiger partial charge in [0.05, 0.1) is 0 Å². The van der Waals surface area contributed by atoms with Gasteiger partial charge in [0.2, 0.25) is 0 Å². The summed E-state index contributed by atoms with van der Waals surface area (Å²) in [6.45, 7) is 0. The molecule has 0 bridgehead atoms. The van der Waals surface area contributed by atoms with Crippen molar-refractivity contribution in [2.24, 2.45) is 0 Å². The first-order valence-corrected chi connectivity index (χ1v) is 11.2. The zero-order valence-electron chi connectivity index (χ0n) is 8.24. The van der Waals surface area contributed by atoms with Crippen LogP contribution in [0.4, 0.5) is 0 Å². The summed E-state index contributed by atoms with van der Waals surface area (Å²) in [4.78, 5) is 0. The van der Waals surface area contributed by atoms with Crippen molar-refractivity contribution in [3.63, 3.8) is 0 Å². The average molecular weight is 428 g/mol. The molecule has 0 aliphatic carbocycles. The number of unbranched alkanes of at least 4 members (excludes halogenated alkanes) is 2. The van der Waals surface area contributed by atoms with Crippen molar-refractivity contribution >= 4 is 35.5 Å². The second-order valence-corrected chi connectivity index (χ2v) is 11.3. The smallest absolute Gasteiger partial charge is 1.00 e. The van der Waals surface area contributed by atoms with Gasteiger partial charge < -0.3 is 17.0 Å². The van der Waals surface area contributed by atoms with Crippen LogP contribution in [0.3, 0.4) is 0 Å². The first-order valence-electron chi connectivity index (χ1n) is 5.13. The van der Waals surface area contributed by atoms with Crippen LogP contribution in [-0.4, -0.2) is 24.9 Å². The second-order valence-electron chi connectivity index (χ2n) is 3.54. The third-order valence-electron chi connectivity index (χ3n) is 2.43. The Hall–Kier alpha value is 1.75. The second kappa shape index (κ2) is 10.3. The summed E-state index contributed by atoms with van der Waals surface area (Å²) < 4.78 is 5.06. The Balaban J connectivity index is 0.00000144. The van der Waals surface area contributed by atoms with Crippen LogP contribution in [-0.2, 0) is 0 Å². The predicted octanol–water partition coefficient (Wildman–Crippen LogP) is 1.23. The van der Waals surface area contributed by atoms with E-state index in [1.54, 1.807) is 39.1 Å². The van der Waals surface area contributed by atoms with Gasteiger partial charge in [-0.15, -0.1) is 0 Å². The maximum Gasteiger partial charge on any atom is -1.00 e. The van der Waals surface area contributed by atoms with E-state index in [2.05, 4.69) is 15.9 Å². The van der Waals surface area contributed by atoms with Gasteiger partial charge in [-0.25, -0.2) is 0 Å². The number of hydrogen-bond acceptors (Lipinski definition) is 0. The van der Waals surface area contributed by atoms with Gasteiger partial charge in [0.15, 0.2) is 0 Å². The summed E-state index contributed by atoms with van der Waals surface area (Å²) >= 11 is 3.02. The maximum atomic E-state index is 3.49. The fourth-order valence-corrected chi connectivity index (χ4v) is 9.06. The molecular weight excluding hydrogens is 408 g/mol. The molecule has 1 aliphatic heterocycles. The van der Waals surface area contributed by atoms with Crippen molar-refractivity contribution in [3.05, 3.63) is 0 Å². The van der Waals surface area contributed by atoms with Crippen molar-refractivity contribution in [3.8, 4) is 0 Å². The van der Waals surface area contributed by atoms with E-state index < -0.39 is 19.6 Å². The Labute approximate surface area is 109 Å². The van der Waals surface area contributed by atoms with Gasteiger partial charge in [0.1, 0.15) is 0 Å². The Morgan fingerprint density at radius 3 is 2.23 bits per heavy atom. The molecule has 0 N–H and O–H groups in total. The Morgan fingerprint density at radius 2 is 1.62 bits per heavy atom. The number of hydrogen-bond donors (Lipinski definition) is 0. The molecule has 0 atom stereocenters. The molecule has 0 aromatic heterocycles. The largest absolute Gasteiger partial charge is 1.00 e. The maximum absolute atomic E-state index is 3.49. The van der Waals surface area contributed by atoms with Crippen molar-refractivity contribution in [1.82, 2.24) is 0 Å². The van der Waals surface area contributed by atoms with Crippen LogP contribution < -0.4 is 17.0 Å². The van der Waals surface area contributed by atoms with Gasteiger partial charge in [0, 0.05) is 0 Å². The summed E-state index contributed by atoms with van der Waals surface area (Å²) in [6, 6.07) is 0. The van der Waals surface area contributed by atoms with Crippen LogP contribution in [0.15, 0.2) is 0 Å². The normalized spacial score (nSPS) is 18.2. The molecule has 0 radical (unpaired) electrons. The molecule has 3 heteroatoms. The molecule has 1 aliphatic rings. The van der Waals surface area contributed by atoms with Crippen LogP contribution in [0.25, 0.3) is 0 Å². The molecule has 1 fully saturated rings. The van der Waals surface area contributed by atoms with Crippen LogP contribution >= 0.6 is 15.9 Å². The summed E-state index contributed by atoms with van der Waals surface area (Å²) in [6.07, 6.45) is 9.11. The fraction of sp³-hybridized carbons (Fsp3) is 1.00. The molecule has 1 rings (SSSR count). The standard InChI is InChI=1S/C10H20BrTe.BrH/c11-7-3-1-4-8-12-9-5-2-6-10-12;/h1-10H2;1H/q+1;/p-1. The van der Waals surface area contributed by atoms with E-state index in [1.807, 2.05) is 0 Å². The minimum absolute atomic E-state index is 0. The van der Waals surface area contributed by atoms with Gasteiger partial charge >= 0.3 is 92.7 Å². The van der Waals surface area contributed by atoms with Gasteiger partial charge in [-0.3, -0.25) is 0 Å². The molecule has 13 heavy (non-hydrogen) atoms. The van der Waals surface area contributed by atoms with E-state index in [0.717, 1.165) is 0 Å². The van der Waals surface area contributed by atoms with Crippen molar-refractivity contribution in [1.29, 1.82) is 0 Å². The number of alkyl halides is 1. The zero-order valence-corrected chi connectivity index (χ0v) is 13.7. The number of halogens is 2. The van der Waals surface area contributed by atoms with E-state index in [-0.39, 0.29) is 17.0 Å². The quantitative estimate of drug-likeness (QED) is 0.352. The van der Waals surface area contributed by atoms with Gasteiger partial charge in [0.25, 0.3) is 0 Å². The molecular formula is C10H20Br2Te. The first-order chi connectivity index (χ1) is 5.93. The Kier molecular flexibility index (Phi) is 11.7. The van der Waals surface area contributed by atoms with E-state index in [9.17, 15) is 0 Å². The molecule has 0 unspecified atom stereocenters. The Morgan fingerprint density at radius 1 is 0.923 bits per heavy atom. The molecule has 1 heterocycles. The van der Waals surface area contributed by atoms with Gasteiger partial charge in [-0.1, -0.05) is 0 Å². The Bertz CT molecular complexity index is 103. The van der Waals surface area contributed by atoms with E-state index in [4.69, 9.17) is 0 Å². The van der Waals surface area contributed by atoms with Gasteiger partial charge in [-0.05, 0) is 0 Å². The SMILES string of the molecule is BrCCCCC[Te+]1CCCCC1.[Br-]. The van der Waals surface area contributed by atoms with Crippen LogP contribution in [0.2, 0.25) is 13.4 Å². The summed E-state index contributed by atoms with van der Waals surface area (Å²) in [5.41, 5.74) is 0. The average Bonchev–Trinajstić information content (AvgIpc) is 2.14. The third-order valence-corrected chi connectivity index (χ3v) is 10.4. The zero-order chi connectivity index (χ0) is 8.65. The third kappa shape index (κ3) is 7.65. The first kappa shape index (κ1) is 14.7. The molecule has 1 saturated heterocycles. The van der Waals surface area contributed by atoms with Gasteiger partial charge in [-0.2, -0.15) is 0 Å². The van der Waals surface area contributed by atoms with Crippen molar-refractivity contribution in [2.45, 2.75) is 51.9 Å². The van der Waals surface area contributed by atoms with Crippen LogP contribution in [0, 0.1) is 0 Å². The molecule has 0 spiro atoms.